The van der Waals surface area contributed by atoms with E-state index in [1.165, 1.54) is 23.5 Å². The van der Waals surface area contributed by atoms with Crippen molar-refractivity contribution in [3.63, 3.8) is 0 Å². The van der Waals surface area contributed by atoms with Crippen molar-refractivity contribution in [2.45, 2.75) is 55.9 Å². The van der Waals surface area contributed by atoms with Gasteiger partial charge in [0.25, 0.3) is 0 Å². The van der Waals surface area contributed by atoms with Crippen LogP contribution in [0.4, 0.5) is 4.39 Å². The van der Waals surface area contributed by atoms with Gasteiger partial charge in [-0.05, 0) is 31.0 Å². The minimum absolute atomic E-state index is 0.271. The average Bonchev–Trinajstić information content (AvgIpc) is 3.65. The Balaban J connectivity index is 1.45. The number of amidine groups is 1. The molecule has 200 valence electrons. The predicted octanol–water partition coefficient (Wildman–Crippen LogP) is 4.91. The van der Waals surface area contributed by atoms with Gasteiger partial charge in [0.2, 0.25) is 10.0 Å². The summed E-state index contributed by atoms with van der Waals surface area (Å²) in [7, 11) is -1.63. The number of fused-ring (bicyclic) bond motifs is 1. The van der Waals surface area contributed by atoms with Crippen LogP contribution in [-0.4, -0.2) is 51.8 Å². The van der Waals surface area contributed by atoms with Gasteiger partial charge >= 0.3 is 0 Å². The van der Waals surface area contributed by atoms with Gasteiger partial charge in [0.1, 0.15) is 11.9 Å². The molecule has 3 aliphatic rings. The highest BCUT2D eigenvalue weighted by Crippen LogP contribution is 2.46. The summed E-state index contributed by atoms with van der Waals surface area (Å²) in [6.07, 6.45) is 8.42. The molecular formula is C26H28ClFN6O2S2. The maximum atomic E-state index is 14.0. The first-order valence-corrected chi connectivity index (χ1v) is 15.5. The van der Waals surface area contributed by atoms with Crippen LogP contribution in [0.5, 0.6) is 0 Å². The summed E-state index contributed by atoms with van der Waals surface area (Å²) in [4.78, 5) is 11.7. The van der Waals surface area contributed by atoms with Crippen molar-refractivity contribution in [2.24, 2.45) is 12.0 Å². The van der Waals surface area contributed by atoms with Crippen LogP contribution in [0, 0.1) is 5.82 Å². The molecule has 2 fully saturated rings. The van der Waals surface area contributed by atoms with Crippen LogP contribution >= 0.6 is 22.9 Å². The molecule has 0 bridgehead atoms. The summed E-state index contributed by atoms with van der Waals surface area (Å²) in [5, 5.41) is 7.20. The molecule has 2 aromatic heterocycles. The molecule has 1 saturated carbocycles. The lowest BCUT2D eigenvalue weighted by Gasteiger charge is -2.32. The van der Waals surface area contributed by atoms with E-state index in [1.54, 1.807) is 16.9 Å². The van der Waals surface area contributed by atoms with Crippen LogP contribution in [0.2, 0.25) is 5.02 Å². The Morgan fingerprint density at radius 3 is 2.68 bits per heavy atom. The standard InChI is InChI=1S/C26H28ClFN6O2S2/c1-33-11-9-21(31-33)23-22-14-17(32-38(35,36)18-5-3-2-4-6-18)15-34(22)25(26-29-10-12-37-26)30-24(23)19-8-7-16(28)13-20(19)27/h7-13,17-18,24,32H,2-6,14-15H2,1H3/t17-,24-/m0/s1. The Morgan fingerprint density at radius 2 is 2.00 bits per heavy atom. The van der Waals surface area contributed by atoms with E-state index in [0.717, 1.165) is 41.2 Å². The molecule has 1 N–H and O–H groups in total. The number of aromatic nitrogens is 3. The maximum absolute atomic E-state index is 14.0. The van der Waals surface area contributed by atoms with Crippen molar-refractivity contribution in [2.75, 3.05) is 6.54 Å². The molecule has 8 nitrogen and oxygen atoms in total. The molecule has 2 aliphatic heterocycles. The number of halogens is 2. The van der Waals surface area contributed by atoms with Crippen LogP contribution < -0.4 is 4.72 Å². The summed E-state index contributed by atoms with van der Waals surface area (Å²) >= 11 is 8.03. The SMILES string of the molecule is Cn1ccc(C2=C3C[C@H](NS(=O)(=O)C4CCCCC4)CN3C(c3nccs3)=N[C@H]2c2ccc(F)cc2Cl)n1. The normalized spacial score (nSPS) is 22.6. The molecule has 0 amide bonds. The molecule has 2 atom stereocenters. The van der Waals surface area contributed by atoms with Crippen LogP contribution in [-0.2, 0) is 17.1 Å². The molecule has 12 heteroatoms. The van der Waals surface area contributed by atoms with Crippen LogP contribution in [0.25, 0.3) is 5.57 Å². The van der Waals surface area contributed by atoms with Gasteiger partial charge in [-0.3, -0.25) is 9.67 Å². The lowest BCUT2D eigenvalue weighted by Crippen LogP contribution is -2.43. The topological polar surface area (TPSA) is 92.5 Å². The summed E-state index contributed by atoms with van der Waals surface area (Å²) in [6.45, 7) is 0.430. The number of sulfonamides is 1. The van der Waals surface area contributed by atoms with Gasteiger partial charge in [0, 0.05) is 65.7 Å². The maximum Gasteiger partial charge on any atom is 0.214 e. The minimum atomic E-state index is -3.47. The Morgan fingerprint density at radius 1 is 1.18 bits per heavy atom. The van der Waals surface area contributed by atoms with E-state index in [0.29, 0.717) is 37.2 Å². The molecule has 6 rings (SSSR count). The number of aryl methyl sites for hydroxylation is 1. The third-order valence-corrected chi connectivity index (χ3v) is 10.6. The second-order valence-corrected chi connectivity index (χ2v) is 13.3. The number of thiazole rings is 1. The molecule has 1 saturated heterocycles. The first kappa shape index (κ1) is 25.7. The molecule has 0 radical (unpaired) electrons. The number of nitrogens with one attached hydrogen (secondary N) is 1. The Bertz CT molecular complexity index is 1510. The van der Waals surface area contributed by atoms with Crippen molar-refractivity contribution in [3.8, 4) is 0 Å². The Hall–Kier alpha value is -2.60. The van der Waals surface area contributed by atoms with E-state index in [-0.39, 0.29) is 16.3 Å². The Labute approximate surface area is 230 Å². The number of hydrogen-bond donors (Lipinski definition) is 1. The van der Waals surface area contributed by atoms with Gasteiger partial charge in [0.15, 0.2) is 10.8 Å². The van der Waals surface area contributed by atoms with Crippen molar-refractivity contribution in [1.82, 2.24) is 24.4 Å². The molecule has 4 heterocycles. The summed E-state index contributed by atoms with van der Waals surface area (Å²) in [6, 6.07) is 5.35. The second-order valence-electron chi connectivity index (χ2n) is 10.0. The molecule has 0 spiro atoms. The number of nitrogens with zero attached hydrogens (tertiary/aromatic N) is 5. The lowest BCUT2D eigenvalue weighted by atomic mass is 9.92. The quantitative estimate of drug-likeness (QED) is 0.452. The van der Waals surface area contributed by atoms with E-state index in [9.17, 15) is 12.8 Å². The average molecular weight is 575 g/mol. The monoisotopic (exact) mass is 574 g/mol. The van der Waals surface area contributed by atoms with Crippen molar-refractivity contribution in [1.29, 1.82) is 0 Å². The second kappa shape index (κ2) is 10.2. The van der Waals surface area contributed by atoms with Crippen LogP contribution in [0.15, 0.2) is 52.7 Å². The van der Waals surface area contributed by atoms with E-state index in [1.807, 2.05) is 24.7 Å². The molecule has 0 unspecified atom stereocenters. The Kier molecular flexibility index (Phi) is 6.88. The number of benzene rings is 1. The fraction of sp³-hybridized carbons (Fsp3) is 0.423. The zero-order valence-electron chi connectivity index (χ0n) is 20.8. The number of aliphatic imine (C=N–C) groups is 1. The molecule has 38 heavy (non-hydrogen) atoms. The molecule has 1 aliphatic carbocycles. The van der Waals surface area contributed by atoms with E-state index < -0.39 is 21.9 Å². The fourth-order valence-electron chi connectivity index (χ4n) is 5.71. The molecule has 1 aromatic carbocycles. The molecular weight excluding hydrogens is 547 g/mol. The van der Waals surface area contributed by atoms with Gasteiger partial charge in [-0.1, -0.05) is 36.9 Å². The van der Waals surface area contributed by atoms with Gasteiger partial charge in [-0.15, -0.1) is 11.3 Å². The summed E-state index contributed by atoms with van der Waals surface area (Å²) < 4.78 is 45.4. The van der Waals surface area contributed by atoms with Gasteiger partial charge in [-0.2, -0.15) is 5.10 Å². The summed E-state index contributed by atoms with van der Waals surface area (Å²) in [5.74, 6) is 0.227. The molecule has 3 aromatic rings. The van der Waals surface area contributed by atoms with E-state index in [4.69, 9.17) is 16.6 Å². The summed E-state index contributed by atoms with van der Waals surface area (Å²) in [5.41, 5.74) is 3.13. The zero-order chi connectivity index (χ0) is 26.4. The van der Waals surface area contributed by atoms with Crippen molar-refractivity contribution < 1.29 is 12.8 Å². The number of rotatable bonds is 6. The minimum Gasteiger partial charge on any atom is -0.326 e. The van der Waals surface area contributed by atoms with Gasteiger partial charge in [0.05, 0.1) is 10.9 Å². The first-order valence-electron chi connectivity index (χ1n) is 12.7. The third-order valence-electron chi connectivity index (χ3n) is 7.45. The van der Waals surface area contributed by atoms with Gasteiger partial charge < -0.3 is 4.90 Å². The highest BCUT2D eigenvalue weighted by molar-refractivity contribution is 7.90. The third kappa shape index (κ3) is 4.81. The predicted molar refractivity (Wildman–Crippen MR) is 147 cm³/mol. The van der Waals surface area contributed by atoms with Crippen molar-refractivity contribution >= 4 is 44.4 Å². The highest BCUT2D eigenvalue weighted by Gasteiger charge is 2.42. The smallest absolute Gasteiger partial charge is 0.214 e. The first-order chi connectivity index (χ1) is 18.3. The van der Waals surface area contributed by atoms with Crippen molar-refractivity contribution in [3.05, 3.63) is 74.8 Å². The van der Waals surface area contributed by atoms with E-state index in [2.05, 4.69) is 19.7 Å². The zero-order valence-corrected chi connectivity index (χ0v) is 23.2. The lowest BCUT2D eigenvalue weighted by molar-refractivity contribution is 0.466. The highest BCUT2D eigenvalue weighted by atomic mass is 35.5. The van der Waals surface area contributed by atoms with Gasteiger partial charge in [-0.25, -0.2) is 22.5 Å². The number of hydrogen-bond acceptors (Lipinski definition) is 7. The van der Waals surface area contributed by atoms with Crippen LogP contribution in [0.1, 0.15) is 60.8 Å². The largest absolute Gasteiger partial charge is 0.326 e. The van der Waals surface area contributed by atoms with E-state index >= 15 is 0 Å². The van der Waals surface area contributed by atoms with Crippen LogP contribution in [0.3, 0.4) is 0 Å². The fourth-order valence-corrected chi connectivity index (χ4v) is 8.39.